The van der Waals surface area contributed by atoms with E-state index in [-0.39, 0.29) is 6.61 Å². The molecule has 6 nitrogen and oxygen atoms in total. The fraction of sp³-hybridized carbons (Fsp3) is 0.625. The van der Waals surface area contributed by atoms with Crippen LogP contribution in [0, 0.1) is 0 Å². The van der Waals surface area contributed by atoms with Gasteiger partial charge in [-0.05, 0) is 12.8 Å². The number of aliphatic hydroxyl groups is 1. The fourth-order valence-electron chi connectivity index (χ4n) is 1.40. The van der Waals surface area contributed by atoms with E-state index in [1.54, 1.807) is 6.20 Å². The molecular weight excluding hydrogens is 186 g/mol. The maximum absolute atomic E-state index is 10.9. The van der Waals surface area contributed by atoms with E-state index in [9.17, 15) is 4.79 Å². The molecule has 2 rings (SSSR count). The number of hydrogen-bond acceptors (Lipinski definition) is 4. The van der Waals surface area contributed by atoms with Crippen LogP contribution in [0.4, 0.5) is 0 Å². The van der Waals surface area contributed by atoms with E-state index in [1.807, 2.05) is 0 Å². The van der Waals surface area contributed by atoms with Crippen LogP contribution in [0.3, 0.4) is 0 Å². The van der Waals surface area contributed by atoms with Crippen LogP contribution in [0.15, 0.2) is 6.20 Å². The van der Waals surface area contributed by atoms with Gasteiger partial charge in [0.05, 0.1) is 5.69 Å². The van der Waals surface area contributed by atoms with Gasteiger partial charge in [-0.15, -0.1) is 5.10 Å². The molecule has 0 radical (unpaired) electrons. The first-order valence-electron chi connectivity index (χ1n) is 4.45. The van der Waals surface area contributed by atoms with Crippen LogP contribution in [0.1, 0.15) is 18.5 Å². The zero-order valence-electron chi connectivity index (χ0n) is 7.55. The van der Waals surface area contributed by atoms with Crippen LogP contribution >= 0.6 is 0 Å². The van der Waals surface area contributed by atoms with E-state index in [4.69, 9.17) is 10.2 Å². The van der Waals surface area contributed by atoms with Gasteiger partial charge in [0.15, 0.2) is 5.54 Å². The van der Waals surface area contributed by atoms with Gasteiger partial charge < -0.3 is 10.2 Å². The van der Waals surface area contributed by atoms with Gasteiger partial charge in [0.25, 0.3) is 0 Å². The molecule has 0 aromatic carbocycles. The topological polar surface area (TPSA) is 88.2 Å². The molecule has 0 spiro atoms. The summed E-state index contributed by atoms with van der Waals surface area (Å²) in [6, 6.07) is 0. The van der Waals surface area contributed by atoms with E-state index in [0.29, 0.717) is 25.0 Å². The number of carboxylic acid groups (broad SMARTS) is 1. The maximum atomic E-state index is 10.9. The molecule has 0 bridgehead atoms. The Morgan fingerprint density at radius 1 is 1.64 bits per heavy atom. The lowest BCUT2D eigenvalue weighted by molar-refractivity contribution is -0.142. The van der Waals surface area contributed by atoms with Crippen molar-refractivity contribution < 1.29 is 15.0 Å². The highest BCUT2D eigenvalue weighted by Gasteiger charge is 2.53. The third kappa shape index (κ3) is 1.27. The lowest BCUT2D eigenvalue weighted by Crippen LogP contribution is -2.27. The van der Waals surface area contributed by atoms with Crippen LogP contribution < -0.4 is 0 Å². The van der Waals surface area contributed by atoms with E-state index in [1.165, 1.54) is 4.68 Å². The largest absolute Gasteiger partial charge is 0.479 e. The van der Waals surface area contributed by atoms with Crippen LogP contribution in [-0.4, -0.2) is 37.8 Å². The monoisotopic (exact) mass is 197 g/mol. The van der Waals surface area contributed by atoms with Crippen molar-refractivity contribution in [1.82, 2.24) is 15.0 Å². The van der Waals surface area contributed by atoms with Crippen molar-refractivity contribution in [3.05, 3.63) is 11.9 Å². The minimum absolute atomic E-state index is 0.00123. The van der Waals surface area contributed by atoms with Gasteiger partial charge in [0.1, 0.15) is 0 Å². The molecule has 1 heterocycles. The predicted octanol–water partition coefficient (Wildman–Crippen LogP) is -0.613. The molecule has 76 valence electrons. The summed E-state index contributed by atoms with van der Waals surface area (Å²) in [5.41, 5.74) is -0.235. The van der Waals surface area contributed by atoms with Crippen molar-refractivity contribution >= 4 is 5.97 Å². The van der Waals surface area contributed by atoms with E-state index < -0.39 is 11.5 Å². The SMILES string of the molecule is O=C(O)C1(n2cc(CCO)nn2)CC1. The number of carbonyl (C=O) groups is 1. The number of nitrogens with zero attached hydrogens (tertiary/aromatic N) is 3. The summed E-state index contributed by atoms with van der Waals surface area (Å²) in [6.45, 7) is -0.00123. The summed E-state index contributed by atoms with van der Waals surface area (Å²) in [6.07, 6.45) is 3.21. The molecule has 1 aromatic heterocycles. The minimum Gasteiger partial charge on any atom is -0.479 e. The third-order valence-electron chi connectivity index (χ3n) is 2.47. The molecular formula is C8H11N3O3. The van der Waals surface area contributed by atoms with Gasteiger partial charge >= 0.3 is 5.97 Å². The van der Waals surface area contributed by atoms with Gasteiger partial charge in [-0.25, -0.2) is 9.48 Å². The Balaban J connectivity index is 2.21. The summed E-state index contributed by atoms with van der Waals surface area (Å²) >= 11 is 0. The summed E-state index contributed by atoms with van der Waals surface area (Å²) in [5.74, 6) is -0.863. The number of aromatic nitrogens is 3. The zero-order valence-corrected chi connectivity index (χ0v) is 7.55. The van der Waals surface area contributed by atoms with Crippen LogP contribution in [0.5, 0.6) is 0 Å². The van der Waals surface area contributed by atoms with Crippen molar-refractivity contribution in [3.8, 4) is 0 Å². The molecule has 0 unspecified atom stereocenters. The van der Waals surface area contributed by atoms with Crippen molar-refractivity contribution in [2.45, 2.75) is 24.8 Å². The Kier molecular flexibility index (Phi) is 1.99. The lowest BCUT2D eigenvalue weighted by atomic mass is 10.3. The molecule has 0 aliphatic heterocycles. The van der Waals surface area contributed by atoms with Crippen LogP contribution in [0.25, 0.3) is 0 Å². The molecule has 1 aromatic rings. The van der Waals surface area contributed by atoms with Crippen LogP contribution in [0.2, 0.25) is 0 Å². The Morgan fingerprint density at radius 3 is 2.86 bits per heavy atom. The van der Waals surface area contributed by atoms with Crippen molar-refractivity contribution in [1.29, 1.82) is 0 Å². The first-order chi connectivity index (χ1) is 6.69. The Hall–Kier alpha value is -1.43. The molecule has 1 aliphatic carbocycles. The lowest BCUT2D eigenvalue weighted by Gasteiger charge is -2.07. The van der Waals surface area contributed by atoms with Gasteiger partial charge in [-0.2, -0.15) is 0 Å². The number of hydrogen-bond donors (Lipinski definition) is 2. The number of rotatable bonds is 4. The summed E-state index contributed by atoms with van der Waals surface area (Å²) in [7, 11) is 0. The minimum atomic E-state index is -0.863. The highest BCUT2D eigenvalue weighted by atomic mass is 16.4. The Morgan fingerprint density at radius 2 is 2.36 bits per heavy atom. The molecule has 0 atom stereocenters. The van der Waals surface area contributed by atoms with Gasteiger partial charge in [-0.3, -0.25) is 0 Å². The maximum Gasteiger partial charge on any atom is 0.331 e. The van der Waals surface area contributed by atoms with Crippen molar-refractivity contribution in [2.24, 2.45) is 0 Å². The predicted molar refractivity (Wildman–Crippen MR) is 45.7 cm³/mol. The average Bonchev–Trinajstić information content (AvgIpc) is 2.84. The van der Waals surface area contributed by atoms with Crippen molar-refractivity contribution in [3.63, 3.8) is 0 Å². The highest BCUT2D eigenvalue weighted by Crippen LogP contribution is 2.42. The summed E-state index contributed by atoms with van der Waals surface area (Å²) < 4.78 is 1.39. The van der Waals surface area contributed by atoms with E-state index >= 15 is 0 Å². The molecule has 2 N–H and O–H groups in total. The number of aliphatic carboxylic acids is 1. The van der Waals surface area contributed by atoms with Gasteiger partial charge in [0, 0.05) is 19.2 Å². The first-order valence-corrected chi connectivity index (χ1v) is 4.45. The second-order valence-electron chi connectivity index (χ2n) is 3.46. The molecule has 0 saturated heterocycles. The standard InChI is InChI=1S/C8H11N3O3/c12-4-1-6-5-11(10-9-6)8(2-3-8)7(13)14/h5,12H,1-4H2,(H,13,14). The third-order valence-corrected chi connectivity index (χ3v) is 2.47. The molecule has 1 fully saturated rings. The fourth-order valence-corrected chi connectivity index (χ4v) is 1.40. The van der Waals surface area contributed by atoms with Gasteiger partial charge in [0.2, 0.25) is 0 Å². The second kappa shape index (κ2) is 3.06. The first kappa shape index (κ1) is 9.14. The second-order valence-corrected chi connectivity index (χ2v) is 3.46. The smallest absolute Gasteiger partial charge is 0.331 e. The summed E-state index contributed by atoms with van der Waals surface area (Å²) in [4.78, 5) is 10.9. The normalized spacial score (nSPS) is 18.1. The summed E-state index contributed by atoms with van der Waals surface area (Å²) in [5, 5.41) is 25.2. The Bertz CT molecular complexity index is 356. The molecule has 1 saturated carbocycles. The average molecular weight is 197 g/mol. The molecule has 14 heavy (non-hydrogen) atoms. The zero-order chi connectivity index (χ0) is 10.2. The number of aliphatic hydroxyl groups excluding tert-OH is 1. The van der Waals surface area contributed by atoms with E-state index in [0.717, 1.165) is 0 Å². The molecule has 6 heteroatoms. The Labute approximate surface area is 80.2 Å². The van der Waals surface area contributed by atoms with Gasteiger partial charge in [-0.1, -0.05) is 5.21 Å². The van der Waals surface area contributed by atoms with E-state index in [2.05, 4.69) is 10.3 Å². The van der Waals surface area contributed by atoms with Crippen molar-refractivity contribution in [2.75, 3.05) is 6.61 Å². The number of carboxylic acids is 1. The van der Waals surface area contributed by atoms with Crippen LogP contribution in [-0.2, 0) is 16.8 Å². The highest BCUT2D eigenvalue weighted by molar-refractivity contribution is 5.79. The quantitative estimate of drug-likeness (QED) is 0.672. The molecule has 0 amide bonds. The molecule has 1 aliphatic rings.